The molecule has 1 aromatic rings. The van der Waals surface area contributed by atoms with E-state index in [1.54, 1.807) is 0 Å². The van der Waals surface area contributed by atoms with Crippen molar-refractivity contribution in [2.45, 2.75) is 48.4 Å². The van der Waals surface area contributed by atoms with Crippen LogP contribution in [0, 0.1) is 5.92 Å². The van der Waals surface area contributed by atoms with Gasteiger partial charge in [0.1, 0.15) is 0 Å². The number of esters is 1. The molecule has 1 unspecified atom stereocenters. The van der Waals surface area contributed by atoms with Crippen molar-refractivity contribution in [3.05, 3.63) is 29.8 Å². The Bertz CT molecular complexity index is 674. The number of ether oxygens (including phenoxy) is 1. The Kier molecular flexibility index (Phi) is 5.57. The van der Waals surface area contributed by atoms with Gasteiger partial charge in [-0.15, -0.1) is 0 Å². The Balaban J connectivity index is 2.26. The van der Waals surface area contributed by atoms with Crippen LogP contribution in [-0.2, 0) is 19.4 Å². The van der Waals surface area contributed by atoms with Crippen molar-refractivity contribution >= 4 is 15.8 Å². The summed E-state index contributed by atoms with van der Waals surface area (Å²) < 4.78 is 65.3. The molecule has 1 aliphatic rings. The Hall–Kier alpha value is -1.57. The Morgan fingerprint density at radius 1 is 1.21 bits per heavy atom. The summed E-state index contributed by atoms with van der Waals surface area (Å²) >= 11 is 0. The second-order valence-corrected chi connectivity index (χ2v) is 7.92. The fraction of sp³-hybridized carbons (Fsp3) is 0.562. The molecule has 0 radical (unpaired) electrons. The number of sulfone groups is 1. The maximum atomic E-state index is 12.6. The molecular weight excluding hydrogens is 345 g/mol. The average molecular weight is 364 g/mol. The van der Waals surface area contributed by atoms with Crippen molar-refractivity contribution < 1.29 is 31.1 Å². The van der Waals surface area contributed by atoms with Crippen LogP contribution in [0.1, 0.15) is 43.6 Å². The molecule has 1 saturated carbocycles. The number of benzene rings is 1. The molecule has 134 valence electrons. The zero-order valence-corrected chi connectivity index (χ0v) is 14.0. The molecule has 1 aromatic carbocycles. The molecule has 2 rings (SSSR count). The topological polar surface area (TPSA) is 60.4 Å². The van der Waals surface area contributed by atoms with E-state index in [4.69, 9.17) is 4.74 Å². The van der Waals surface area contributed by atoms with Gasteiger partial charge in [-0.25, -0.2) is 8.42 Å². The first-order chi connectivity index (χ1) is 11.2. The zero-order chi connectivity index (χ0) is 18.0. The van der Waals surface area contributed by atoms with Crippen LogP contribution in [0.3, 0.4) is 0 Å². The number of methoxy groups -OCH3 is 1. The SMILES string of the molecule is COC(=O)C(CC1CCCC1)c1ccc(S(=O)(=O)C(F)(F)F)cc1. The van der Waals surface area contributed by atoms with Crippen molar-refractivity contribution in [3.63, 3.8) is 0 Å². The van der Waals surface area contributed by atoms with Gasteiger partial charge < -0.3 is 4.74 Å². The standard InChI is InChI=1S/C16H19F3O4S/c1-23-15(20)14(10-11-4-2-3-5-11)12-6-8-13(9-7-12)24(21,22)16(17,18)19/h6-9,11,14H,2-5,10H2,1H3. The van der Waals surface area contributed by atoms with Crippen LogP contribution in [0.2, 0.25) is 0 Å². The predicted molar refractivity (Wildman–Crippen MR) is 81.0 cm³/mol. The van der Waals surface area contributed by atoms with Gasteiger partial charge in [0.15, 0.2) is 0 Å². The first-order valence-corrected chi connectivity index (χ1v) is 9.14. The van der Waals surface area contributed by atoms with Gasteiger partial charge in [-0.05, 0) is 30.0 Å². The Labute approximate surface area is 138 Å². The van der Waals surface area contributed by atoms with Gasteiger partial charge in [-0.3, -0.25) is 4.79 Å². The highest BCUT2D eigenvalue weighted by atomic mass is 32.2. The van der Waals surface area contributed by atoms with E-state index in [0.29, 0.717) is 17.9 Å². The lowest BCUT2D eigenvalue weighted by Gasteiger charge is -2.19. The van der Waals surface area contributed by atoms with Crippen LogP contribution in [0.15, 0.2) is 29.2 Å². The second-order valence-electron chi connectivity index (χ2n) is 5.98. The van der Waals surface area contributed by atoms with E-state index in [0.717, 1.165) is 37.8 Å². The molecule has 0 bridgehead atoms. The minimum absolute atomic E-state index is 0.368. The summed E-state index contributed by atoms with van der Waals surface area (Å²) in [6.45, 7) is 0. The highest BCUT2D eigenvalue weighted by Crippen LogP contribution is 2.36. The third-order valence-electron chi connectivity index (χ3n) is 4.43. The Morgan fingerprint density at radius 3 is 2.21 bits per heavy atom. The lowest BCUT2D eigenvalue weighted by Crippen LogP contribution is -2.23. The fourth-order valence-electron chi connectivity index (χ4n) is 3.10. The molecule has 0 aromatic heterocycles. The molecular formula is C16H19F3O4S. The lowest BCUT2D eigenvalue weighted by atomic mass is 9.88. The van der Waals surface area contributed by atoms with Crippen molar-refractivity contribution in [2.75, 3.05) is 7.11 Å². The smallest absolute Gasteiger partial charge is 0.469 e. The second kappa shape index (κ2) is 7.13. The first kappa shape index (κ1) is 18.8. The number of alkyl halides is 3. The first-order valence-electron chi connectivity index (χ1n) is 7.66. The summed E-state index contributed by atoms with van der Waals surface area (Å²) in [6, 6.07) is 4.30. The van der Waals surface area contributed by atoms with Crippen molar-refractivity contribution in [2.24, 2.45) is 5.92 Å². The summed E-state index contributed by atoms with van der Waals surface area (Å²) in [6.07, 6.45) is 4.77. The third kappa shape index (κ3) is 3.91. The minimum atomic E-state index is -5.38. The molecule has 1 aliphatic carbocycles. The van der Waals surface area contributed by atoms with Crippen LogP contribution in [0.25, 0.3) is 0 Å². The predicted octanol–water partition coefficient (Wildman–Crippen LogP) is 3.82. The van der Waals surface area contributed by atoms with Crippen molar-refractivity contribution in [1.29, 1.82) is 0 Å². The van der Waals surface area contributed by atoms with E-state index in [2.05, 4.69) is 0 Å². The van der Waals surface area contributed by atoms with Crippen LogP contribution >= 0.6 is 0 Å². The summed E-state index contributed by atoms with van der Waals surface area (Å²) in [7, 11) is -4.13. The van der Waals surface area contributed by atoms with Gasteiger partial charge in [0.05, 0.1) is 17.9 Å². The van der Waals surface area contributed by atoms with Crippen LogP contribution < -0.4 is 0 Å². The molecule has 24 heavy (non-hydrogen) atoms. The van der Waals surface area contributed by atoms with E-state index in [1.807, 2.05) is 0 Å². The van der Waals surface area contributed by atoms with E-state index in [9.17, 15) is 26.4 Å². The van der Waals surface area contributed by atoms with E-state index in [1.165, 1.54) is 19.2 Å². The summed E-state index contributed by atoms with van der Waals surface area (Å²) in [4.78, 5) is 11.2. The maximum Gasteiger partial charge on any atom is 0.501 e. The minimum Gasteiger partial charge on any atom is -0.469 e. The maximum absolute atomic E-state index is 12.6. The highest BCUT2D eigenvalue weighted by molar-refractivity contribution is 7.92. The monoisotopic (exact) mass is 364 g/mol. The largest absolute Gasteiger partial charge is 0.501 e. The van der Waals surface area contributed by atoms with Crippen molar-refractivity contribution in [1.82, 2.24) is 0 Å². The third-order valence-corrected chi connectivity index (χ3v) is 5.93. The molecule has 4 nitrogen and oxygen atoms in total. The lowest BCUT2D eigenvalue weighted by molar-refractivity contribution is -0.142. The van der Waals surface area contributed by atoms with Gasteiger partial charge in [-0.1, -0.05) is 37.8 Å². The van der Waals surface area contributed by atoms with Gasteiger partial charge in [0.25, 0.3) is 9.84 Å². The fourth-order valence-corrected chi connectivity index (χ4v) is 3.86. The molecule has 0 spiro atoms. The molecule has 0 amide bonds. The zero-order valence-electron chi connectivity index (χ0n) is 13.2. The molecule has 8 heteroatoms. The van der Waals surface area contributed by atoms with Crippen LogP contribution in [0.4, 0.5) is 13.2 Å². The quantitative estimate of drug-likeness (QED) is 0.746. The normalized spacial score (nSPS) is 17.7. The molecule has 0 heterocycles. The molecule has 0 aliphatic heterocycles. The number of rotatable bonds is 5. The summed E-state index contributed by atoms with van der Waals surface area (Å²) in [5.41, 5.74) is -4.88. The number of hydrogen-bond acceptors (Lipinski definition) is 4. The molecule has 1 atom stereocenters. The number of halogens is 3. The average Bonchev–Trinajstić information content (AvgIpc) is 3.04. The number of carbonyl (C=O) groups excluding carboxylic acids is 1. The summed E-state index contributed by atoms with van der Waals surface area (Å²) in [5.74, 6) is -0.693. The van der Waals surface area contributed by atoms with Crippen LogP contribution in [-0.4, -0.2) is 27.0 Å². The number of carbonyl (C=O) groups is 1. The van der Waals surface area contributed by atoms with E-state index in [-0.39, 0.29) is 0 Å². The van der Waals surface area contributed by atoms with Gasteiger partial charge in [0.2, 0.25) is 0 Å². The van der Waals surface area contributed by atoms with Gasteiger partial charge in [0, 0.05) is 0 Å². The molecule has 1 fully saturated rings. The number of hydrogen-bond donors (Lipinski definition) is 0. The van der Waals surface area contributed by atoms with E-state index >= 15 is 0 Å². The van der Waals surface area contributed by atoms with Crippen molar-refractivity contribution in [3.8, 4) is 0 Å². The molecule has 0 N–H and O–H groups in total. The van der Waals surface area contributed by atoms with E-state index < -0.39 is 32.1 Å². The van der Waals surface area contributed by atoms with Crippen LogP contribution in [0.5, 0.6) is 0 Å². The Morgan fingerprint density at radius 2 is 1.75 bits per heavy atom. The van der Waals surface area contributed by atoms with Gasteiger partial charge >= 0.3 is 11.5 Å². The van der Waals surface area contributed by atoms with Gasteiger partial charge in [-0.2, -0.15) is 13.2 Å². The molecule has 0 saturated heterocycles. The highest BCUT2D eigenvalue weighted by Gasteiger charge is 2.46. The summed E-state index contributed by atoms with van der Waals surface area (Å²) in [5, 5.41) is 0.